The SMILES string of the molecule is N#C/C(=C/c1cc(Br)c(I)o1)C(=O)Nc1ccccc1. The van der Waals surface area contributed by atoms with Crippen molar-refractivity contribution in [1.82, 2.24) is 0 Å². The number of benzene rings is 1. The molecule has 0 aliphatic heterocycles. The first-order valence-corrected chi connectivity index (χ1v) is 7.40. The Morgan fingerprint density at radius 2 is 2.10 bits per heavy atom. The molecule has 1 N–H and O–H groups in total. The Kier molecular flexibility index (Phi) is 4.98. The van der Waals surface area contributed by atoms with Gasteiger partial charge in [0.05, 0.1) is 4.47 Å². The molecule has 0 fully saturated rings. The summed E-state index contributed by atoms with van der Waals surface area (Å²) in [6, 6.07) is 12.5. The first-order valence-electron chi connectivity index (χ1n) is 5.53. The van der Waals surface area contributed by atoms with Gasteiger partial charge in [-0.05, 0) is 34.1 Å². The van der Waals surface area contributed by atoms with Crippen molar-refractivity contribution < 1.29 is 9.21 Å². The van der Waals surface area contributed by atoms with Crippen molar-refractivity contribution in [3.8, 4) is 6.07 Å². The molecule has 0 saturated heterocycles. The van der Waals surface area contributed by atoms with Gasteiger partial charge in [-0.25, -0.2) is 0 Å². The topological polar surface area (TPSA) is 66.0 Å². The van der Waals surface area contributed by atoms with E-state index in [4.69, 9.17) is 9.68 Å². The third-order valence-electron chi connectivity index (χ3n) is 2.35. The van der Waals surface area contributed by atoms with E-state index in [1.807, 2.05) is 34.7 Å². The van der Waals surface area contributed by atoms with E-state index in [9.17, 15) is 4.79 Å². The van der Waals surface area contributed by atoms with Crippen LogP contribution in [0.1, 0.15) is 5.76 Å². The minimum atomic E-state index is -0.471. The van der Waals surface area contributed by atoms with Crippen LogP contribution >= 0.6 is 38.5 Å². The third kappa shape index (κ3) is 3.71. The molecule has 1 aromatic heterocycles. The van der Waals surface area contributed by atoms with Crippen LogP contribution in [0.5, 0.6) is 0 Å². The van der Waals surface area contributed by atoms with Gasteiger partial charge in [0.2, 0.25) is 0 Å². The molecule has 0 aliphatic rings. The number of para-hydroxylation sites is 1. The number of nitrogens with one attached hydrogen (secondary N) is 1. The summed E-state index contributed by atoms with van der Waals surface area (Å²) in [6.45, 7) is 0. The number of anilines is 1. The minimum absolute atomic E-state index is 0.0218. The number of carbonyl (C=O) groups excluding carboxylic acids is 1. The zero-order chi connectivity index (χ0) is 14.5. The zero-order valence-corrected chi connectivity index (χ0v) is 13.8. The van der Waals surface area contributed by atoms with Crippen molar-refractivity contribution in [1.29, 1.82) is 5.26 Å². The summed E-state index contributed by atoms with van der Waals surface area (Å²) in [5.74, 6) is -0.0257. The van der Waals surface area contributed by atoms with E-state index >= 15 is 0 Å². The molecule has 2 rings (SSSR count). The fraction of sp³-hybridized carbons (Fsp3) is 0. The zero-order valence-electron chi connectivity index (χ0n) is 10.1. The second-order valence-electron chi connectivity index (χ2n) is 3.76. The van der Waals surface area contributed by atoms with Gasteiger partial charge in [0, 0.05) is 34.4 Å². The predicted molar refractivity (Wildman–Crippen MR) is 87.8 cm³/mol. The maximum atomic E-state index is 12.0. The highest BCUT2D eigenvalue weighted by Gasteiger charge is 2.11. The van der Waals surface area contributed by atoms with E-state index in [1.165, 1.54) is 6.08 Å². The van der Waals surface area contributed by atoms with Crippen molar-refractivity contribution in [2.75, 3.05) is 5.32 Å². The molecule has 20 heavy (non-hydrogen) atoms. The largest absolute Gasteiger partial charge is 0.450 e. The number of carbonyl (C=O) groups is 1. The van der Waals surface area contributed by atoms with Gasteiger partial charge < -0.3 is 9.73 Å². The van der Waals surface area contributed by atoms with Crippen LogP contribution in [0.15, 0.2) is 50.9 Å². The number of rotatable bonds is 3. The lowest BCUT2D eigenvalue weighted by Crippen LogP contribution is -2.13. The van der Waals surface area contributed by atoms with Crippen LogP contribution in [0.3, 0.4) is 0 Å². The molecule has 1 amide bonds. The van der Waals surface area contributed by atoms with Crippen LogP contribution < -0.4 is 5.32 Å². The van der Waals surface area contributed by atoms with Crippen molar-refractivity contribution >= 4 is 56.2 Å². The highest BCUT2D eigenvalue weighted by molar-refractivity contribution is 14.1. The molecule has 0 spiro atoms. The maximum absolute atomic E-state index is 12.0. The molecule has 2 aromatic rings. The van der Waals surface area contributed by atoms with Gasteiger partial charge in [-0.1, -0.05) is 18.2 Å². The highest BCUT2D eigenvalue weighted by atomic mass is 127. The van der Waals surface area contributed by atoms with Crippen molar-refractivity contribution in [2.24, 2.45) is 0 Å². The van der Waals surface area contributed by atoms with Gasteiger partial charge in [-0.3, -0.25) is 4.79 Å². The number of nitriles is 1. The average molecular weight is 443 g/mol. The van der Waals surface area contributed by atoms with E-state index in [0.717, 1.165) is 4.47 Å². The second-order valence-corrected chi connectivity index (χ2v) is 5.59. The fourth-order valence-electron chi connectivity index (χ4n) is 1.45. The smallest absolute Gasteiger partial charge is 0.266 e. The quantitative estimate of drug-likeness (QED) is 0.440. The molecule has 6 heteroatoms. The molecule has 0 bridgehead atoms. The minimum Gasteiger partial charge on any atom is -0.450 e. The first kappa shape index (κ1) is 14.8. The Labute approximate surface area is 137 Å². The Morgan fingerprint density at radius 3 is 2.65 bits per heavy atom. The molecule has 0 saturated carbocycles. The Hall–Kier alpha value is -1.59. The first-order chi connectivity index (χ1) is 9.60. The monoisotopic (exact) mass is 442 g/mol. The molecule has 1 aromatic carbocycles. The Bertz CT molecular complexity index is 682. The van der Waals surface area contributed by atoms with Gasteiger partial charge in [-0.15, -0.1) is 0 Å². The Balaban J connectivity index is 2.20. The summed E-state index contributed by atoms with van der Waals surface area (Å²) in [7, 11) is 0. The molecule has 0 unspecified atom stereocenters. The van der Waals surface area contributed by atoms with Gasteiger partial charge >= 0.3 is 0 Å². The van der Waals surface area contributed by atoms with Crippen LogP contribution in [0.2, 0.25) is 0 Å². The van der Waals surface area contributed by atoms with Crippen LogP contribution in [0, 0.1) is 15.1 Å². The molecule has 0 atom stereocenters. The number of halogens is 2. The fourth-order valence-corrected chi connectivity index (χ4v) is 2.16. The van der Waals surface area contributed by atoms with Crippen LogP contribution in [-0.2, 0) is 4.79 Å². The highest BCUT2D eigenvalue weighted by Crippen LogP contribution is 2.24. The number of amides is 1. The van der Waals surface area contributed by atoms with Crippen LogP contribution in [0.25, 0.3) is 6.08 Å². The average Bonchev–Trinajstić information content (AvgIpc) is 2.76. The third-order valence-corrected chi connectivity index (χ3v) is 4.48. The normalized spacial score (nSPS) is 10.9. The van der Waals surface area contributed by atoms with Gasteiger partial charge in [-0.2, -0.15) is 5.26 Å². The molecule has 0 radical (unpaired) electrons. The predicted octanol–water partition coefficient (Wildman–Crippen LogP) is 4.19. The van der Waals surface area contributed by atoms with Gasteiger partial charge in [0.25, 0.3) is 5.91 Å². The van der Waals surface area contributed by atoms with Crippen LogP contribution in [0.4, 0.5) is 5.69 Å². The van der Waals surface area contributed by atoms with Gasteiger partial charge in [0.1, 0.15) is 17.4 Å². The van der Waals surface area contributed by atoms with E-state index in [0.29, 0.717) is 15.2 Å². The second kappa shape index (κ2) is 6.72. The maximum Gasteiger partial charge on any atom is 0.266 e. The van der Waals surface area contributed by atoms with Crippen molar-refractivity contribution in [2.45, 2.75) is 0 Å². The summed E-state index contributed by atoms with van der Waals surface area (Å²) in [5.41, 5.74) is 0.611. The summed E-state index contributed by atoms with van der Waals surface area (Å²) in [4.78, 5) is 12.0. The lowest BCUT2D eigenvalue weighted by Gasteiger charge is -2.02. The lowest BCUT2D eigenvalue weighted by atomic mass is 10.2. The van der Waals surface area contributed by atoms with E-state index in [2.05, 4.69) is 21.2 Å². The summed E-state index contributed by atoms with van der Waals surface area (Å²) in [5, 5.41) is 11.7. The molecule has 1 heterocycles. The molecular weight excluding hydrogens is 435 g/mol. The van der Waals surface area contributed by atoms with Crippen molar-refractivity contribution in [3.05, 3.63) is 56.0 Å². The molecule has 100 valence electrons. The number of furan rings is 1. The van der Waals surface area contributed by atoms with Crippen LogP contribution in [-0.4, -0.2) is 5.91 Å². The lowest BCUT2D eigenvalue weighted by molar-refractivity contribution is -0.112. The van der Waals surface area contributed by atoms with E-state index < -0.39 is 5.91 Å². The standard InChI is InChI=1S/C14H8BrIN2O2/c15-12-7-11(20-13(12)16)6-9(8-17)14(19)18-10-4-2-1-3-5-10/h1-7H,(H,18,19)/b9-6-. The van der Waals surface area contributed by atoms with Crippen molar-refractivity contribution in [3.63, 3.8) is 0 Å². The number of nitrogens with zero attached hydrogens (tertiary/aromatic N) is 1. The number of hydrogen-bond acceptors (Lipinski definition) is 3. The van der Waals surface area contributed by atoms with Gasteiger partial charge in [0.15, 0.2) is 3.77 Å². The summed E-state index contributed by atoms with van der Waals surface area (Å²) >= 11 is 5.32. The molecular formula is C14H8BrIN2O2. The Morgan fingerprint density at radius 1 is 1.40 bits per heavy atom. The van der Waals surface area contributed by atoms with E-state index in [-0.39, 0.29) is 5.57 Å². The summed E-state index contributed by atoms with van der Waals surface area (Å²) < 4.78 is 6.82. The van der Waals surface area contributed by atoms with E-state index in [1.54, 1.807) is 30.3 Å². The summed E-state index contributed by atoms with van der Waals surface area (Å²) in [6.07, 6.45) is 1.41. The number of hydrogen-bond donors (Lipinski definition) is 1. The molecule has 4 nitrogen and oxygen atoms in total. The molecule has 0 aliphatic carbocycles.